The van der Waals surface area contributed by atoms with Crippen molar-refractivity contribution in [2.45, 2.75) is 57.9 Å². The van der Waals surface area contributed by atoms with Crippen molar-refractivity contribution in [1.82, 2.24) is 10.2 Å². The van der Waals surface area contributed by atoms with Gasteiger partial charge in [-0.1, -0.05) is 26.2 Å². The molecule has 0 unspecified atom stereocenters. The van der Waals surface area contributed by atoms with Crippen LogP contribution in [0.25, 0.3) is 0 Å². The van der Waals surface area contributed by atoms with Gasteiger partial charge in [0.2, 0.25) is 0 Å². The Labute approximate surface area is 130 Å². The minimum Gasteiger partial charge on any atom is -0.469 e. The van der Waals surface area contributed by atoms with Crippen LogP contribution in [0.4, 0.5) is 0 Å². The smallest absolute Gasteiger partial charge is 0.305 e. The molecule has 1 saturated carbocycles. The highest BCUT2D eigenvalue weighted by molar-refractivity contribution is 5.69. The van der Waals surface area contributed by atoms with E-state index in [1.165, 1.54) is 39.2 Å². The third-order valence-corrected chi connectivity index (χ3v) is 4.73. The lowest BCUT2D eigenvalue weighted by atomic mass is 9.86. The first-order chi connectivity index (χ1) is 10.1. The maximum absolute atomic E-state index is 11.6. The first-order valence-corrected chi connectivity index (χ1v) is 8.53. The summed E-state index contributed by atoms with van der Waals surface area (Å²) in [4.78, 5) is 13.8. The lowest BCUT2D eigenvalue weighted by Gasteiger charge is -2.26. The van der Waals surface area contributed by atoms with Gasteiger partial charge in [0.1, 0.15) is 0 Å². The molecule has 0 heterocycles. The molecule has 0 bridgehead atoms. The molecule has 4 nitrogen and oxygen atoms in total. The number of ether oxygens (including phenoxy) is 1. The molecule has 0 amide bonds. The largest absolute Gasteiger partial charge is 0.469 e. The quantitative estimate of drug-likeness (QED) is 0.497. The van der Waals surface area contributed by atoms with Gasteiger partial charge in [0.25, 0.3) is 0 Å². The first-order valence-electron chi connectivity index (χ1n) is 8.53. The molecule has 1 aliphatic rings. The number of methoxy groups -OCH3 is 1. The van der Waals surface area contributed by atoms with Crippen molar-refractivity contribution in [3.05, 3.63) is 0 Å². The summed E-state index contributed by atoms with van der Waals surface area (Å²) in [7, 11) is 5.71. The van der Waals surface area contributed by atoms with Crippen molar-refractivity contribution in [3.63, 3.8) is 0 Å². The fourth-order valence-electron chi connectivity index (χ4n) is 3.50. The molecule has 0 radical (unpaired) electrons. The maximum Gasteiger partial charge on any atom is 0.305 e. The zero-order valence-corrected chi connectivity index (χ0v) is 14.4. The van der Waals surface area contributed by atoms with Crippen LogP contribution in [0.5, 0.6) is 0 Å². The Hall–Kier alpha value is -0.610. The normalized spacial score (nSPS) is 25.5. The Morgan fingerprint density at radius 3 is 2.67 bits per heavy atom. The van der Waals surface area contributed by atoms with Crippen molar-refractivity contribution in [3.8, 4) is 0 Å². The van der Waals surface area contributed by atoms with Crippen molar-refractivity contribution >= 4 is 5.97 Å². The SMILES string of the molecule is CCCCC[C@H]1[C@@H](CC(=O)OC)CC[C@@H]1NCCN(C)C. The molecule has 3 atom stereocenters. The van der Waals surface area contributed by atoms with Gasteiger partial charge in [-0.05, 0) is 45.2 Å². The van der Waals surface area contributed by atoms with E-state index in [0.29, 0.717) is 24.3 Å². The second-order valence-electron chi connectivity index (χ2n) is 6.64. The molecule has 1 N–H and O–H groups in total. The van der Waals surface area contributed by atoms with Crippen molar-refractivity contribution in [2.24, 2.45) is 11.8 Å². The Morgan fingerprint density at radius 1 is 1.29 bits per heavy atom. The van der Waals surface area contributed by atoms with E-state index in [0.717, 1.165) is 19.5 Å². The van der Waals surface area contributed by atoms with Crippen LogP contribution in [0.1, 0.15) is 51.9 Å². The Kier molecular flexibility index (Phi) is 8.93. The molecular weight excluding hydrogens is 264 g/mol. The van der Waals surface area contributed by atoms with Crippen molar-refractivity contribution in [2.75, 3.05) is 34.3 Å². The molecule has 1 fully saturated rings. The fraction of sp³-hybridized carbons (Fsp3) is 0.941. The van der Waals surface area contributed by atoms with Crippen molar-refractivity contribution in [1.29, 1.82) is 0 Å². The number of carbonyl (C=O) groups excluding carboxylic acids is 1. The number of esters is 1. The van der Waals surface area contributed by atoms with Crippen molar-refractivity contribution < 1.29 is 9.53 Å². The van der Waals surface area contributed by atoms with Crippen LogP contribution in [0.15, 0.2) is 0 Å². The van der Waals surface area contributed by atoms with Crippen LogP contribution >= 0.6 is 0 Å². The second-order valence-corrected chi connectivity index (χ2v) is 6.64. The molecule has 4 heteroatoms. The number of unbranched alkanes of at least 4 members (excludes halogenated alkanes) is 2. The first kappa shape index (κ1) is 18.4. The third kappa shape index (κ3) is 6.79. The lowest BCUT2D eigenvalue weighted by Crippen LogP contribution is -2.38. The molecule has 1 rings (SSSR count). The van der Waals surface area contributed by atoms with Gasteiger partial charge in [-0.2, -0.15) is 0 Å². The van der Waals surface area contributed by atoms with Gasteiger partial charge in [0.15, 0.2) is 0 Å². The highest BCUT2D eigenvalue weighted by Crippen LogP contribution is 2.38. The predicted molar refractivity (Wildman–Crippen MR) is 87.3 cm³/mol. The zero-order chi connectivity index (χ0) is 15.7. The van der Waals surface area contributed by atoms with Crippen LogP contribution in [0.2, 0.25) is 0 Å². The number of rotatable bonds is 10. The van der Waals surface area contributed by atoms with E-state index in [-0.39, 0.29) is 5.97 Å². The molecule has 1 aliphatic carbocycles. The van der Waals surface area contributed by atoms with E-state index in [9.17, 15) is 4.79 Å². The molecule has 0 aromatic carbocycles. The average molecular weight is 298 g/mol. The van der Waals surface area contributed by atoms with Gasteiger partial charge in [-0.25, -0.2) is 0 Å². The van der Waals surface area contributed by atoms with E-state index < -0.39 is 0 Å². The molecule has 124 valence electrons. The standard InChI is InChI=1S/C17H34N2O2/c1-5-6-7-8-15-14(13-17(20)21-4)9-10-16(15)18-11-12-19(2)3/h14-16,18H,5-13H2,1-4H3/t14-,15+,16+/m1/s1. The molecule has 0 saturated heterocycles. The number of nitrogens with zero attached hydrogens (tertiary/aromatic N) is 1. The van der Waals surface area contributed by atoms with Gasteiger partial charge in [0.05, 0.1) is 7.11 Å². The monoisotopic (exact) mass is 298 g/mol. The number of likely N-dealkylation sites (N-methyl/N-ethyl adjacent to an activating group) is 1. The maximum atomic E-state index is 11.6. The highest BCUT2D eigenvalue weighted by Gasteiger charge is 2.36. The molecule has 0 aromatic rings. The van der Waals surface area contributed by atoms with E-state index >= 15 is 0 Å². The van der Waals surface area contributed by atoms with Gasteiger partial charge >= 0.3 is 5.97 Å². The third-order valence-electron chi connectivity index (χ3n) is 4.73. The van der Waals surface area contributed by atoms with Gasteiger partial charge in [-0.3, -0.25) is 4.79 Å². The summed E-state index contributed by atoms with van der Waals surface area (Å²) in [5.41, 5.74) is 0. The number of nitrogens with one attached hydrogen (secondary N) is 1. The number of hydrogen-bond acceptors (Lipinski definition) is 4. The van der Waals surface area contributed by atoms with Crippen LogP contribution in [-0.4, -0.2) is 51.2 Å². The topological polar surface area (TPSA) is 41.6 Å². The van der Waals surface area contributed by atoms with E-state index in [2.05, 4.69) is 31.2 Å². The minimum atomic E-state index is -0.0468. The lowest BCUT2D eigenvalue weighted by molar-refractivity contribution is -0.142. The van der Waals surface area contributed by atoms with Crippen LogP contribution in [0, 0.1) is 11.8 Å². The summed E-state index contributed by atoms with van der Waals surface area (Å²) in [5.74, 6) is 1.10. The number of hydrogen-bond donors (Lipinski definition) is 1. The van der Waals surface area contributed by atoms with E-state index in [1.54, 1.807) is 0 Å². The molecule has 0 aromatic heterocycles. The molecular formula is C17H34N2O2. The summed E-state index contributed by atoms with van der Waals surface area (Å²) < 4.78 is 4.87. The molecule has 21 heavy (non-hydrogen) atoms. The van der Waals surface area contributed by atoms with Crippen LogP contribution in [0.3, 0.4) is 0 Å². The van der Waals surface area contributed by atoms with Gasteiger partial charge < -0.3 is 15.0 Å². The van der Waals surface area contributed by atoms with Gasteiger partial charge in [0, 0.05) is 25.6 Å². The summed E-state index contributed by atoms with van der Waals surface area (Å²) in [6.45, 7) is 4.35. The molecule has 0 aliphatic heterocycles. The highest BCUT2D eigenvalue weighted by atomic mass is 16.5. The summed E-state index contributed by atoms with van der Waals surface area (Å²) in [6.07, 6.45) is 8.04. The van der Waals surface area contributed by atoms with Gasteiger partial charge in [-0.15, -0.1) is 0 Å². The molecule has 0 spiro atoms. The zero-order valence-electron chi connectivity index (χ0n) is 14.4. The predicted octanol–water partition coefficient (Wildman–Crippen LogP) is 2.68. The Bertz CT molecular complexity index is 295. The Morgan fingerprint density at radius 2 is 2.05 bits per heavy atom. The number of carbonyl (C=O) groups is 1. The second kappa shape index (κ2) is 10.2. The van der Waals surface area contributed by atoms with Crippen LogP contribution < -0.4 is 5.32 Å². The van der Waals surface area contributed by atoms with Crippen LogP contribution in [-0.2, 0) is 9.53 Å². The fourth-order valence-corrected chi connectivity index (χ4v) is 3.50. The Balaban J connectivity index is 2.49. The average Bonchev–Trinajstić information content (AvgIpc) is 2.81. The summed E-state index contributed by atoms with van der Waals surface area (Å²) in [6, 6.07) is 0.580. The summed E-state index contributed by atoms with van der Waals surface area (Å²) >= 11 is 0. The minimum absolute atomic E-state index is 0.0468. The summed E-state index contributed by atoms with van der Waals surface area (Å²) in [5, 5.41) is 3.72. The van der Waals surface area contributed by atoms with E-state index in [1.807, 2.05) is 0 Å². The van der Waals surface area contributed by atoms with E-state index in [4.69, 9.17) is 4.74 Å².